The molecule has 3 N–H and O–H groups in total. The fourth-order valence-corrected chi connectivity index (χ4v) is 3.16. The van der Waals surface area contributed by atoms with Crippen molar-refractivity contribution in [2.75, 3.05) is 30.8 Å². The van der Waals surface area contributed by atoms with E-state index in [1.807, 2.05) is 6.92 Å². The number of nitrogens with zero attached hydrogens (tertiary/aromatic N) is 2. The Kier molecular flexibility index (Phi) is 6.16. The summed E-state index contributed by atoms with van der Waals surface area (Å²) < 4.78 is 37.8. The van der Waals surface area contributed by atoms with Gasteiger partial charge in [-0.2, -0.15) is 4.98 Å². The van der Waals surface area contributed by atoms with E-state index in [1.54, 1.807) is 6.92 Å². The van der Waals surface area contributed by atoms with Crippen molar-refractivity contribution in [3.63, 3.8) is 0 Å². The molecule has 0 fully saturated rings. The van der Waals surface area contributed by atoms with Gasteiger partial charge in [-0.25, -0.2) is 18.1 Å². The Morgan fingerprint density at radius 3 is 2.48 bits per heavy atom. The van der Waals surface area contributed by atoms with Crippen LogP contribution >= 0.6 is 0 Å². The van der Waals surface area contributed by atoms with E-state index in [0.29, 0.717) is 36.9 Å². The summed E-state index contributed by atoms with van der Waals surface area (Å²) in [4.78, 5) is 8.45. The van der Waals surface area contributed by atoms with Crippen LogP contribution in [0.5, 0.6) is 5.88 Å². The topological polar surface area (TPSA) is 116 Å². The highest BCUT2D eigenvalue weighted by Crippen LogP contribution is 2.23. The van der Waals surface area contributed by atoms with Gasteiger partial charge in [-0.15, -0.1) is 0 Å². The largest absolute Gasteiger partial charge is 0.481 e. The van der Waals surface area contributed by atoms with Gasteiger partial charge in [-0.05, 0) is 38.1 Å². The molecule has 9 heteroatoms. The standard InChI is InChI=1S/C16H22N4O4S/c1-4-24-10-9-14-11(2)18-16(19-15(14)23-3)20-25(21,22)13-7-5-12(17)6-8-13/h5-8H,4,9-10,17H2,1-3H3,(H,18,19,20). The number of rotatable bonds is 8. The average Bonchev–Trinajstić information content (AvgIpc) is 2.56. The van der Waals surface area contributed by atoms with Gasteiger partial charge in [0, 0.05) is 24.3 Å². The van der Waals surface area contributed by atoms with Gasteiger partial charge in [0.05, 0.1) is 24.3 Å². The Hall–Kier alpha value is -2.39. The van der Waals surface area contributed by atoms with Crippen LogP contribution in [-0.2, 0) is 21.2 Å². The fourth-order valence-electron chi connectivity index (χ4n) is 2.22. The minimum atomic E-state index is -3.82. The molecular formula is C16H22N4O4S. The second kappa shape index (κ2) is 8.13. The number of nitrogen functional groups attached to an aromatic ring is 1. The molecule has 8 nitrogen and oxygen atoms in total. The Bertz CT molecular complexity index is 823. The van der Waals surface area contributed by atoms with Crippen LogP contribution in [-0.4, -0.2) is 38.7 Å². The monoisotopic (exact) mass is 366 g/mol. The molecule has 0 bridgehead atoms. The SMILES string of the molecule is CCOCCc1c(C)nc(NS(=O)(=O)c2ccc(N)cc2)nc1OC. The van der Waals surface area contributed by atoms with Crippen molar-refractivity contribution in [3.05, 3.63) is 35.5 Å². The first-order valence-electron chi connectivity index (χ1n) is 7.75. The molecule has 0 saturated carbocycles. The molecule has 0 amide bonds. The number of aryl methyl sites for hydroxylation is 1. The molecule has 0 radical (unpaired) electrons. The van der Waals surface area contributed by atoms with Gasteiger partial charge >= 0.3 is 0 Å². The van der Waals surface area contributed by atoms with Gasteiger partial charge in [-0.1, -0.05) is 0 Å². The third-order valence-electron chi connectivity index (χ3n) is 3.49. The number of nitrogens with one attached hydrogen (secondary N) is 1. The van der Waals surface area contributed by atoms with Crippen LogP contribution in [0, 0.1) is 6.92 Å². The van der Waals surface area contributed by atoms with Gasteiger partial charge in [0.1, 0.15) is 0 Å². The molecule has 25 heavy (non-hydrogen) atoms. The lowest BCUT2D eigenvalue weighted by Crippen LogP contribution is -2.17. The van der Waals surface area contributed by atoms with Crippen LogP contribution in [0.25, 0.3) is 0 Å². The number of sulfonamides is 1. The van der Waals surface area contributed by atoms with Gasteiger partial charge in [-0.3, -0.25) is 0 Å². The fraction of sp³-hybridized carbons (Fsp3) is 0.375. The van der Waals surface area contributed by atoms with E-state index in [2.05, 4.69) is 14.7 Å². The van der Waals surface area contributed by atoms with Crippen LogP contribution in [0.2, 0.25) is 0 Å². The first-order valence-corrected chi connectivity index (χ1v) is 9.23. The van der Waals surface area contributed by atoms with Crippen molar-refractivity contribution in [1.82, 2.24) is 9.97 Å². The molecule has 136 valence electrons. The maximum absolute atomic E-state index is 12.4. The van der Waals surface area contributed by atoms with Crippen molar-refractivity contribution in [2.24, 2.45) is 0 Å². The molecule has 0 spiro atoms. The van der Waals surface area contributed by atoms with Crippen LogP contribution in [0.1, 0.15) is 18.2 Å². The molecule has 2 aromatic rings. The van der Waals surface area contributed by atoms with Crippen LogP contribution in [0.4, 0.5) is 11.6 Å². The van der Waals surface area contributed by atoms with Crippen molar-refractivity contribution in [2.45, 2.75) is 25.2 Å². The number of methoxy groups -OCH3 is 1. The van der Waals surface area contributed by atoms with Gasteiger partial charge in [0.25, 0.3) is 10.0 Å². The lowest BCUT2D eigenvalue weighted by molar-refractivity contribution is 0.150. The molecule has 0 aliphatic carbocycles. The minimum Gasteiger partial charge on any atom is -0.481 e. The average molecular weight is 366 g/mol. The molecule has 0 unspecified atom stereocenters. The second-order valence-corrected chi connectivity index (χ2v) is 6.92. The summed E-state index contributed by atoms with van der Waals surface area (Å²) in [6.07, 6.45) is 0.577. The van der Waals surface area contributed by atoms with Gasteiger partial charge in [0.2, 0.25) is 11.8 Å². The number of hydrogen-bond acceptors (Lipinski definition) is 7. The summed E-state index contributed by atoms with van der Waals surface area (Å²) in [5.41, 5.74) is 7.47. The summed E-state index contributed by atoms with van der Waals surface area (Å²) in [6.45, 7) is 4.80. The number of ether oxygens (including phenoxy) is 2. The van der Waals surface area contributed by atoms with Crippen LogP contribution in [0.3, 0.4) is 0 Å². The lowest BCUT2D eigenvalue weighted by atomic mass is 10.2. The number of nitrogens with two attached hydrogens (primary N) is 1. The Labute approximate surface area is 147 Å². The highest BCUT2D eigenvalue weighted by Gasteiger charge is 2.18. The Morgan fingerprint density at radius 1 is 1.20 bits per heavy atom. The molecule has 1 aromatic heterocycles. The normalized spacial score (nSPS) is 11.3. The summed E-state index contributed by atoms with van der Waals surface area (Å²) in [5.74, 6) is 0.272. The van der Waals surface area contributed by atoms with E-state index in [0.717, 1.165) is 5.56 Å². The van der Waals surface area contributed by atoms with E-state index in [1.165, 1.54) is 31.4 Å². The smallest absolute Gasteiger partial charge is 0.264 e. The van der Waals surface area contributed by atoms with E-state index >= 15 is 0 Å². The number of benzene rings is 1. The molecule has 1 aromatic carbocycles. The Morgan fingerprint density at radius 2 is 1.88 bits per heavy atom. The van der Waals surface area contributed by atoms with Crippen LogP contribution < -0.4 is 15.2 Å². The third-order valence-corrected chi connectivity index (χ3v) is 4.83. The Balaban J connectivity index is 2.27. The van der Waals surface area contributed by atoms with E-state index in [-0.39, 0.29) is 10.8 Å². The molecule has 0 aliphatic heterocycles. The van der Waals surface area contributed by atoms with E-state index < -0.39 is 10.0 Å². The molecule has 0 atom stereocenters. The number of anilines is 2. The van der Waals surface area contributed by atoms with Crippen molar-refractivity contribution >= 4 is 21.7 Å². The molecule has 2 rings (SSSR count). The quantitative estimate of drug-likeness (QED) is 0.540. The predicted octanol–water partition coefficient (Wildman–Crippen LogP) is 1.76. The summed E-state index contributed by atoms with van der Waals surface area (Å²) in [6, 6.07) is 5.85. The second-order valence-electron chi connectivity index (χ2n) is 5.24. The lowest BCUT2D eigenvalue weighted by Gasteiger charge is -2.13. The molecular weight excluding hydrogens is 344 g/mol. The molecule has 0 saturated heterocycles. The van der Waals surface area contributed by atoms with E-state index in [9.17, 15) is 8.42 Å². The van der Waals surface area contributed by atoms with E-state index in [4.69, 9.17) is 15.2 Å². The summed E-state index contributed by atoms with van der Waals surface area (Å²) in [5, 5.41) is 0. The first kappa shape index (κ1) is 18.9. The predicted molar refractivity (Wildman–Crippen MR) is 95.2 cm³/mol. The molecule has 0 aliphatic rings. The highest BCUT2D eigenvalue weighted by molar-refractivity contribution is 7.92. The van der Waals surface area contributed by atoms with Gasteiger partial charge in [0.15, 0.2) is 0 Å². The molecule has 1 heterocycles. The van der Waals surface area contributed by atoms with Crippen molar-refractivity contribution in [1.29, 1.82) is 0 Å². The zero-order valence-electron chi connectivity index (χ0n) is 14.4. The zero-order valence-corrected chi connectivity index (χ0v) is 15.3. The van der Waals surface area contributed by atoms with Gasteiger partial charge < -0.3 is 15.2 Å². The number of hydrogen-bond donors (Lipinski definition) is 2. The third kappa shape index (κ3) is 4.80. The first-order chi connectivity index (χ1) is 11.9. The van der Waals surface area contributed by atoms with Crippen LogP contribution in [0.15, 0.2) is 29.2 Å². The highest BCUT2D eigenvalue weighted by atomic mass is 32.2. The maximum Gasteiger partial charge on any atom is 0.264 e. The summed E-state index contributed by atoms with van der Waals surface area (Å²) >= 11 is 0. The van der Waals surface area contributed by atoms with Crippen molar-refractivity contribution < 1.29 is 17.9 Å². The maximum atomic E-state index is 12.4. The van der Waals surface area contributed by atoms with Crippen molar-refractivity contribution in [3.8, 4) is 5.88 Å². The minimum absolute atomic E-state index is 0.0497. The zero-order chi connectivity index (χ0) is 18.4. The summed E-state index contributed by atoms with van der Waals surface area (Å²) in [7, 11) is -2.34. The number of aromatic nitrogens is 2.